The fourth-order valence-corrected chi connectivity index (χ4v) is 4.66. The normalized spacial score (nSPS) is 16.5. The van der Waals surface area contributed by atoms with E-state index in [1.807, 2.05) is 6.92 Å². The molecule has 1 aliphatic heterocycles. The second-order valence-electron chi connectivity index (χ2n) is 7.54. The van der Waals surface area contributed by atoms with Gasteiger partial charge < -0.3 is 15.2 Å². The maximum atomic E-state index is 13.0. The van der Waals surface area contributed by atoms with Crippen LogP contribution in [0.2, 0.25) is 0 Å². The van der Waals surface area contributed by atoms with Crippen molar-refractivity contribution in [3.8, 4) is 5.75 Å². The highest BCUT2D eigenvalue weighted by Crippen LogP contribution is 2.31. The molecule has 0 unspecified atom stereocenters. The van der Waals surface area contributed by atoms with Crippen LogP contribution >= 0.6 is 11.3 Å². The summed E-state index contributed by atoms with van der Waals surface area (Å²) in [6, 6.07) is 5.65. The Balaban J connectivity index is 1.69. The van der Waals surface area contributed by atoms with Crippen LogP contribution in [-0.4, -0.2) is 53.2 Å². The van der Waals surface area contributed by atoms with Gasteiger partial charge >= 0.3 is 12.3 Å². The third-order valence-electron chi connectivity index (χ3n) is 5.25. The largest absolute Gasteiger partial charge is 0.573 e. The van der Waals surface area contributed by atoms with E-state index in [4.69, 9.17) is 0 Å². The Bertz CT molecular complexity index is 1020. The Morgan fingerprint density at radius 2 is 1.94 bits per heavy atom. The lowest BCUT2D eigenvalue weighted by Crippen LogP contribution is -2.37. The van der Waals surface area contributed by atoms with Gasteiger partial charge in [0, 0.05) is 23.4 Å². The van der Waals surface area contributed by atoms with Crippen LogP contribution in [0.4, 0.5) is 18.2 Å². The maximum Gasteiger partial charge on any atom is 0.573 e. The number of likely N-dealkylation sites (tertiary alicyclic amines) is 1. The number of rotatable bonds is 9. The molecule has 0 radical (unpaired) electrons. The number of hydrogen-bond donors (Lipinski definition) is 2. The summed E-state index contributed by atoms with van der Waals surface area (Å²) in [4.78, 5) is 39.4. The van der Waals surface area contributed by atoms with Crippen LogP contribution in [-0.2, 0) is 16.0 Å². The number of carbonyl (C=O) groups is 3. The summed E-state index contributed by atoms with van der Waals surface area (Å²) in [7, 11) is 0. The Morgan fingerprint density at radius 3 is 2.55 bits per heavy atom. The van der Waals surface area contributed by atoms with Gasteiger partial charge in [0.25, 0.3) is 0 Å². The third-order valence-corrected chi connectivity index (χ3v) is 6.45. The molecule has 2 N–H and O–H groups in total. The fraction of sp³-hybridized carbons (Fsp3) is 0.409. The van der Waals surface area contributed by atoms with E-state index in [2.05, 4.69) is 10.1 Å². The molecule has 0 saturated carbocycles. The average molecular weight is 484 g/mol. The van der Waals surface area contributed by atoms with Crippen LogP contribution in [0.3, 0.4) is 0 Å². The number of aliphatic carboxylic acids is 1. The predicted octanol–water partition coefficient (Wildman–Crippen LogP) is 4.32. The number of nitrogens with one attached hydrogen (secondary N) is 1. The van der Waals surface area contributed by atoms with Crippen LogP contribution in [0.1, 0.15) is 47.0 Å². The molecule has 1 saturated heterocycles. The van der Waals surface area contributed by atoms with Crippen molar-refractivity contribution in [1.82, 2.24) is 4.90 Å². The smallest absolute Gasteiger partial charge is 0.480 e. The molecule has 1 aromatic heterocycles. The van der Waals surface area contributed by atoms with Gasteiger partial charge in [-0.1, -0.05) is 6.92 Å². The summed E-state index contributed by atoms with van der Waals surface area (Å²) >= 11 is 1.25. The molecular weight excluding hydrogens is 461 g/mol. The summed E-state index contributed by atoms with van der Waals surface area (Å²) in [5, 5.41) is 12.3. The number of amides is 1. The van der Waals surface area contributed by atoms with E-state index < -0.39 is 29.9 Å². The van der Waals surface area contributed by atoms with Crippen LogP contribution in [0.15, 0.2) is 30.3 Å². The van der Waals surface area contributed by atoms with E-state index >= 15 is 0 Å². The number of anilines is 1. The van der Waals surface area contributed by atoms with Crippen molar-refractivity contribution in [3.63, 3.8) is 0 Å². The van der Waals surface area contributed by atoms with E-state index in [1.54, 1.807) is 11.0 Å². The van der Waals surface area contributed by atoms with E-state index in [0.29, 0.717) is 30.9 Å². The number of carbonyl (C=O) groups excluding carboxylic acids is 2. The number of carboxylic acids is 1. The van der Waals surface area contributed by atoms with Crippen molar-refractivity contribution < 1.29 is 37.4 Å². The lowest BCUT2D eigenvalue weighted by atomic mass is 10.0. The van der Waals surface area contributed by atoms with Crippen LogP contribution in [0.25, 0.3) is 0 Å². The number of benzene rings is 1. The molecule has 1 aliphatic rings. The van der Waals surface area contributed by atoms with Crippen molar-refractivity contribution in [3.05, 3.63) is 46.3 Å². The zero-order chi connectivity index (χ0) is 24.2. The van der Waals surface area contributed by atoms with E-state index in [1.165, 1.54) is 23.5 Å². The quantitative estimate of drug-likeness (QED) is 0.515. The van der Waals surface area contributed by atoms with Gasteiger partial charge in [-0.2, -0.15) is 0 Å². The zero-order valence-corrected chi connectivity index (χ0v) is 18.6. The minimum absolute atomic E-state index is 0.0697. The molecular formula is C22H23F3N2O5S. The summed E-state index contributed by atoms with van der Waals surface area (Å²) in [6.45, 7) is 2.80. The van der Waals surface area contributed by atoms with Crippen molar-refractivity contribution >= 4 is 34.0 Å². The first-order chi connectivity index (χ1) is 15.6. The number of thiophene rings is 1. The predicted molar refractivity (Wildman–Crippen MR) is 116 cm³/mol. The molecule has 0 spiro atoms. The Hall–Kier alpha value is -2.92. The maximum absolute atomic E-state index is 13.0. The SMILES string of the molecule is CCc1cc(C(=O)c2ccc(OC(F)(F)F)cc2)c(NC(=O)CCN2CCC[C@@H]2C(=O)O)s1. The van der Waals surface area contributed by atoms with Gasteiger partial charge in [0.05, 0.1) is 5.56 Å². The number of aryl methyl sites for hydroxylation is 1. The van der Waals surface area contributed by atoms with Gasteiger partial charge in [-0.05, 0) is 56.1 Å². The van der Waals surface area contributed by atoms with Gasteiger partial charge in [0.2, 0.25) is 5.91 Å². The second-order valence-corrected chi connectivity index (χ2v) is 8.68. The number of halogens is 3. The first kappa shape index (κ1) is 24.7. The van der Waals surface area contributed by atoms with Gasteiger partial charge in [-0.3, -0.25) is 19.3 Å². The minimum Gasteiger partial charge on any atom is -0.480 e. The highest BCUT2D eigenvalue weighted by molar-refractivity contribution is 7.16. The number of carboxylic acid groups (broad SMARTS) is 1. The molecule has 3 rings (SSSR count). The lowest BCUT2D eigenvalue weighted by Gasteiger charge is -2.20. The zero-order valence-electron chi connectivity index (χ0n) is 17.8. The second kappa shape index (κ2) is 10.3. The van der Waals surface area contributed by atoms with E-state index in [-0.39, 0.29) is 23.5 Å². The molecule has 11 heteroatoms. The van der Waals surface area contributed by atoms with Gasteiger partial charge in [-0.25, -0.2) is 0 Å². The first-order valence-electron chi connectivity index (χ1n) is 10.4. The van der Waals surface area contributed by atoms with Crippen molar-refractivity contribution in [2.75, 3.05) is 18.4 Å². The van der Waals surface area contributed by atoms with Crippen LogP contribution in [0.5, 0.6) is 5.75 Å². The average Bonchev–Trinajstić information content (AvgIpc) is 3.38. The third kappa shape index (κ3) is 6.55. The van der Waals surface area contributed by atoms with Crippen molar-refractivity contribution in [2.24, 2.45) is 0 Å². The Morgan fingerprint density at radius 1 is 1.24 bits per heavy atom. The highest BCUT2D eigenvalue weighted by atomic mass is 32.1. The molecule has 0 bridgehead atoms. The van der Waals surface area contributed by atoms with Crippen LogP contribution in [0, 0.1) is 0 Å². The van der Waals surface area contributed by atoms with Gasteiger partial charge in [-0.15, -0.1) is 24.5 Å². The topological polar surface area (TPSA) is 95.9 Å². The number of alkyl halides is 3. The standard InChI is InChI=1S/C22H23F3N2O5S/c1-2-15-12-16(19(29)13-5-7-14(8-6-13)32-22(23,24)25)20(33-15)26-18(28)9-11-27-10-3-4-17(27)21(30)31/h5-8,12,17H,2-4,9-11H2,1H3,(H,26,28)(H,30,31)/t17-/m1/s1. The fourth-order valence-electron chi connectivity index (χ4n) is 3.65. The van der Waals surface area contributed by atoms with Crippen LogP contribution < -0.4 is 10.1 Å². The molecule has 1 atom stereocenters. The number of nitrogens with zero attached hydrogens (tertiary/aromatic N) is 1. The molecule has 2 aromatic rings. The lowest BCUT2D eigenvalue weighted by molar-refractivity contribution is -0.274. The summed E-state index contributed by atoms with van der Waals surface area (Å²) in [5.41, 5.74) is 0.404. The minimum atomic E-state index is -4.83. The first-order valence-corrected chi connectivity index (χ1v) is 11.2. The molecule has 33 heavy (non-hydrogen) atoms. The Kier molecular flexibility index (Phi) is 7.75. The highest BCUT2D eigenvalue weighted by Gasteiger charge is 2.32. The van der Waals surface area contributed by atoms with Gasteiger partial charge in [0.15, 0.2) is 5.78 Å². The molecule has 178 valence electrons. The monoisotopic (exact) mass is 484 g/mol. The van der Waals surface area contributed by atoms with E-state index in [9.17, 15) is 32.7 Å². The van der Waals surface area contributed by atoms with E-state index in [0.717, 1.165) is 23.4 Å². The molecule has 1 fully saturated rings. The number of ketones is 1. The summed E-state index contributed by atoms with van der Waals surface area (Å²) < 4.78 is 40.9. The van der Waals surface area contributed by atoms with Gasteiger partial charge in [0.1, 0.15) is 16.8 Å². The number of ether oxygens (including phenoxy) is 1. The molecule has 2 heterocycles. The molecule has 0 aliphatic carbocycles. The molecule has 1 aromatic carbocycles. The molecule has 1 amide bonds. The molecule has 7 nitrogen and oxygen atoms in total. The summed E-state index contributed by atoms with van der Waals surface area (Å²) in [6.07, 6.45) is -2.82. The Labute approximate surface area is 192 Å². The summed E-state index contributed by atoms with van der Waals surface area (Å²) in [5.74, 6) is -2.13. The van der Waals surface area contributed by atoms with Crippen molar-refractivity contribution in [2.45, 2.75) is 45.0 Å². The number of hydrogen-bond acceptors (Lipinski definition) is 6. The van der Waals surface area contributed by atoms with Crippen molar-refractivity contribution in [1.29, 1.82) is 0 Å².